The van der Waals surface area contributed by atoms with Gasteiger partial charge in [0.25, 0.3) is 5.91 Å². The van der Waals surface area contributed by atoms with Gasteiger partial charge in [0.1, 0.15) is 11.6 Å². The minimum atomic E-state index is -0.305. The number of thiophene rings is 1. The molecule has 3 aromatic rings. The average molecular weight is 470 g/mol. The number of benzene rings is 2. The van der Waals surface area contributed by atoms with Crippen LogP contribution in [0.3, 0.4) is 0 Å². The number of carbonyl (C=O) groups excluding carboxylic acids is 2. The summed E-state index contributed by atoms with van der Waals surface area (Å²) in [6.45, 7) is 2.90. The van der Waals surface area contributed by atoms with E-state index >= 15 is 0 Å². The second-order valence-corrected chi connectivity index (χ2v) is 8.56. The van der Waals surface area contributed by atoms with Gasteiger partial charge in [-0.2, -0.15) is 0 Å². The first kappa shape index (κ1) is 22.9. The molecule has 2 N–H and O–H groups in total. The molecule has 0 aliphatic carbocycles. The Balaban J connectivity index is 1.43. The van der Waals surface area contributed by atoms with Crippen molar-refractivity contribution >= 4 is 34.5 Å². The number of rotatable bonds is 7. The summed E-state index contributed by atoms with van der Waals surface area (Å²) >= 11 is 1.32. The first-order valence-corrected chi connectivity index (χ1v) is 11.3. The van der Waals surface area contributed by atoms with Gasteiger partial charge in [-0.25, -0.2) is 4.39 Å². The number of anilines is 2. The van der Waals surface area contributed by atoms with Crippen molar-refractivity contribution in [3.63, 3.8) is 0 Å². The van der Waals surface area contributed by atoms with Crippen LogP contribution >= 0.6 is 11.3 Å². The van der Waals surface area contributed by atoms with E-state index in [0.717, 1.165) is 10.4 Å². The van der Waals surface area contributed by atoms with Gasteiger partial charge in [0.2, 0.25) is 5.91 Å². The van der Waals surface area contributed by atoms with Crippen LogP contribution in [0.2, 0.25) is 0 Å². The van der Waals surface area contributed by atoms with E-state index in [9.17, 15) is 14.0 Å². The lowest BCUT2D eigenvalue weighted by atomic mass is 10.2. The Morgan fingerprint density at radius 1 is 1.06 bits per heavy atom. The molecule has 1 aliphatic rings. The summed E-state index contributed by atoms with van der Waals surface area (Å²) in [4.78, 5) is 28.7. The third-order valence-corrected chi connectivity index (χ3v) is 6.29. The van der Waals surface area contributed by atoms with E-state index < -0.39 is 0 Å². The summed E-state index contributed by atoms with van der Waals surface area (Å²) in [7, 11) is 1.52. The number of carbonyl (C=O) groups is 2. The maximum atomic E-state index is 13.2. The summed E-state index contributed by atoms with van der Waals surface area (Å²) in [5, 5.41) is 5.72. The molecule has 2 amide bonds. The molecule has 1 aromatic heterocycles. The van der Waals surface area contributed by atoms with Crippen molar-refractivity contribution in [3.8, 4) is 16.2 Å². The average Bonchev–Trinajstić information content (AvgIpc) is 3.31. The van der Waals surface area contributed by atoms with E-state index in [0.29, 0.717) is 48.3 Å². The Bertz CT molecular complexity index is 1130. The molecule has 0 radical (unpaired) electrons. The molecular weight excluding hydrogens is 445 g/mol. The van der Waals surface area contributed by atoms with Crippen LogP contribution in [0.4, 0.5) is 15.8 Å². The van der Waals surface area contributed by atoms with Gasteiger partial charge in [0.05, 0.1) is 37.4 Å². The second kappa shape index (κ2) is 10.6. The van der Waals surface area contributed by atoms with E-state index in [-0.39, 0.29) is 24.2 Å². The molecule has 2 heterocycles. The van der Waals surface area contributed by atoms with Crippen LogP contribution in [0.25, 0.3) is 10.4 Å². The van der Waals surface area contributed by atoms with Crippen molar-refractivity contribution < 1.29 is 23.5 Å². The molecule has 9 heteroatoms. The molecule has 0 spiro atoms. The van der Waals surface area contributed by atoms with Crippen LogP contribution in [0.15, 0.2) is 54.6 Å². The number of hydrogen-bond donors (Lipinski definition) is 2. The van der Waals surface area contributed by atoms with Crippen LogP contribution in [0.1, 0.15) is 9.67 Å². The monoisotopic (exact) mass is 469 g/mol. The molecule has 0 saturated carbocycles. The summed E-state index contributed by atoms with van der Waals surface area (Å²) in [6, 6.07) is 14.8. The summed E-state index contributed by atoms with van der Waals surface area (Å²) < 4.78 is 23.8. The topological polar surface area (TPSA) is 79.9 Å². The van der Waals surface area contributed by atoms with E-state index in [1.807, 2.05) is 11.0 Å². The molecule has 7 nitrogen and oxygen atoms in total. The molecule has 0 unspecified atom stereocenters. The highest BCUT2D eigenvalue weighted by Crippen LogP contribution is 2.31. The zero-order chi connectivity index (χ0) is 23.2. The van der Waals surface area contributed by atoms with Crippen molar-refractivity contribution in [1.82, 2.24) is 4.90 Å². The molecule has 0 bridgehead atoms. The van der Waals surface area contributed by atoms with Crippen LogP contribution in [0, 0.1) is 5.82 Å². The molecule has 4 rings (SSSR count). The van der Waals surface area contributed by atoms with Gasteiger partial charge in [0.15, 0.2) is 0 Å². The maximum absolute atomic E-state index is 13.2. The fraction of sp³-hybridized carbons (Fsp3) is 0.250. The fourth-order valence-electron chi connectivity index (χ4n) is 3.46. The minimum Gasteiger partial charge on any atom is -0.495 e. The molecular formula is C24H24FN3O4S. The summed E-state index contributed by atoms with van der Waals surface area (Å²) in [5.41, 5.74) is 1.85. The van der Waals surface area contributed by atoms with Gasteiger partial charge in [-0.1, -0.05) is 12.1 Å². The van der Waals surface area contributed by atoms with E-state index in [4.69, 9.17) is 9.47 Å². The highest BCUT2D eigenvalue weighted by molar-refractivity contribution is 7.17. The number of morpholine rings is 1. The van der Waals surface area contributed by atoms with Crippen LogP contribution in [0.5, 0.6) is 5.75 Å². The van der Waals surface area contributed by atoms with Gasteiger partial charge >= 0.3 is 0 Å². The van der Waals surface area contributed by atoms with Crippen LogP contribution in [-0.4, -0.2) is 56.7 Å². The zero-order valence-corrected chi connectivity index (χ0v) is 18.9. The standard InChI is InChI=1S/C24H24FN3O4S/c1-31-20-7-6-18(14-19(20)27-23(29)15-28-10-12-32-13-11-28)26-24(30)22-9-8-21(33-22)16-2-4-17(25)5-3-16/h2-9,14H,10-13,15H2,1H3,(H,26,30)(H,27,29). The molecule has 33 heavy (non-hydrogen) atoms. The smallest absolute Gasteiger partial charge is 0.265 e. The van der Waals surface area contributed by atoms with Crippen molar-refractivity contribution in [2.75, 3.05) is 50.6 Å². The number of ether oxygens (including phenoxy) is 2. The quantitative estimate of drug-likeness (QED) is 0.545. The fourth-order valence-corrected chi connectivity index (χ4v) is 4.36. The first-order valence-electron chi connectivity index (χ1n) is 10.5. The first-order chi connectivity index (χ1) is 16.0. The van der Waals surface area contributed by atoms with Gasteiger partial charge < -0.3 is 20.1 Å². The molecule has 1 saturated heterocycles. The molecule has 1 fully saturated rings. The van der Waals surface area contributed by atoms with Crippen molar-refractivity contribution in [3.05, 3.63) is 65.3 Å². The lowest BCUT2D eigenvalue weighted by Gasteiger charge is -2.26. The predicted molar refractivity (Wildman–Crippen MR) is 127 cm³/mol. The third-order valence-electron chi connectivity index (χ3n) is 5.16. The van der Waals surface area contributed by atoms with Gasteiger partial charge in [0, 0.05) is 23.7 Å². The number of nitrogens with zero attached hydrogens (tertiary/aromatic N) is 1. The molecule has 1 aliphatic heterocycles. The SMILES string of the molecule is COc1ccc(NC(=O)c2ccc(-c3ccc(F)cc3)s2)cc1NC(=O)CN1CCOCC1. The lowest BCUT2D eigenvalue weighted by molar-refractivity contribution is -0.118. The van der Waals surface area contributed by atoms with E-state index in [2.05, 4.69) is 10.6 Å². The predicted octanol–water partition coefficient (Wildman–Crippen LogP) is 4.09. The highest BCUT2D eigenvalue weighted by atomic mass is 32.1. The second-order valence-electron chi connectivity index (χ2n) is 7.48. The van der Waals surface area contributed by atoms with Crippen molar-refractivity contribution in [1.29, 1.82) is 0 Å². The van der Waals surface area contributed by atoms with E-state index in [1.165, 1.54) is 30.6 Å². The minimum absolute atomic E-state index is 0.166. The third kappa shape index (κ3) is 5.95. The highest BCUT2D eigenvalue weighted by Gasteiger charge is 2.17. The Morgan fingerprint density at radius 3 is 2.55 bits per heavy atom. The Hall–Kier alpha value is -3.27. The van der Waals surface area contributed by atoms with Gasteiger partial charge in [-0.3, -0.25) is 14.5 Å². The Morgan fingerprint density at radius 2 is 1.82 bits per heavy atom. The number of methoxy groups -OCH3 is 1. The summed E-state index contributed by atoms with van der Waals surface area (Å²) in [5.74, 6) is -0.247. The van der Waals surface area contributed by atoms with Crippen molar-refractivity contribution in [2.24, 2.45) is 0 Å². The molecule has 2 aromatic carbocycles. The van der Waals surface area contributed by atoms with Gasteiger partial charge in [-0.15, -0.1) is 11.3 Å². The largest absolute Gasteiger partial charge is 0.495 e. The molecule has 172 valence electrons. The number of nitrogens with one attached hydrogen (secondary N) is 2. The molecule has 0 atom stereocenters. The van der Waals surface area contributed by atoms with E-state index in [1.54, 1.807) is 36.4 Å². The zero-order valence-electron chi connectivity index (χ0n) is 18.1. The van der Waals surface area contributed by atoms with Crippen LogP contribution < -0.4 is 15.4 Å². The Kier molecular flexibility index (Phi) is 7.33. The maximum Gasteiger partial charge on any atom is 0.265 e. The normalized spacial score (nSPS) is 14.0. The number of halogens is 1. The Labute approximate surface area is 195 Å². The summed E-state index contributed by atoms with van der Waals surface area (Å²) in [6.07, 6.45) is 0. The lowest BCUT2D eigenvalue weighted by Crippen LogP contribution is -2.41. The van der Waals surface area contributed by atoms with Crippen molar-refractivity contribution in [2.45, 2.75) is 0 Å². The van der Waals surface area contributed by atoms with Gasteiger partial charge in [-0.05, 0) is 48.0 Å². The van der Waals surface area contributed by atoms with Crippen LogP contribution in [-0.2, 0) is 9.53 Å². The number of amides is 2. The number of hydrogen-bond acceptors (Lipinski definition) is 6.